The van der Waals surface area contributed by atoms with Crippen molar-refractivity contribution in [1.82, 2.24) is 20.4 Å². The fraction of sp³-hybridized carbons (Fsp3) is 0.571. The number of hydrogen-bond donors (Lipinski definition) is 1. The summed E-state index contributed by atoms with van der Waals surface area (Å²) in [5.41, 5.74) is 4.07. The van der Waals surface area contributed by atoms with Crippen molar-refractivity contribution in [2.45, 2.75) is 26.4 Å². The molecule has 1 aliphatic heterocycles. The van der Waals surface area contributed by atoms with Gasteiger partial charge in [-0.3, -0.25) is 4.90 Å². The smallest absolute Gasteiger partial charge is 0.124 e. The maximum absolute atomic E-state index is 4.95. The Labute approximate surface area is 135 Å². The second-order valence-electron chi connectivity index (χ2n) is 5.38. The Morgan fingerprint density at radius 1 is 1.48 bits per heavy atom. The lowest BCUT2D eigenvalue weighted by Crippen LogP contribution is -2.30. The fourth-order valence-corrected chi connectivity index (χ4v) is 3.47. The molecule has 2 aromatic rings. The molecule has 0 saturated carbocycles. The Morgan fingerprint density at radius 2 is 2.38 bits per heavy atom. The van der Waals surface area contributed by atoms with E-state index in [1.165, 1.54) is 11.3 Å². The van der Waals surface area contributed by atoms with E-state index < -0.39 is 0 Å². The molecule has 1 atom stereocenters. The first kappa shape index (κ1) is 16.4. The second kappa shape index (κ2) is 7.89. The van der Waals surface area contributed by atoms with Gasteiger partial charge >= 0.3 is 0 Å². The van der Waals surface area contributed by atoms with Crippen molar-refractivity contribution in [2.24, 2.45) is 5.92 Å². The normalized spacial score (nSPS) is 18.1. The average molecular weight is 329 g/mol. The SMILES string of the molecule is Cc1ncsc1CN(Cc1ccon1)CC1CCNC1.Cl. The van der Waals surface area contributed by atoms with Crippen molar-refractivity contribution < 1.29 is 4.52 Å². The molecule has 5 nitrogen and oxygen atoms in total. The third kappa shape index (κ3) is 4.51. The minimum Gasteiger partial charge on any atom is -0.364 e. The van der Waals surface area contributed by atoms with Crippen LogP contribution >= 0.6 is 23.7 Å². The molecular formula is C14H21ClN4OS. The molecule has 1 saturated heterocycles. The molecule has 0 spiro atoms. The van der Waals surface area contributed by atoms with Gasteiger partial charge in [0.25, 0.3) is 0 Å². The molecule has 21 heavy (non-hydrogen) atoms. The van der Waals surface area contributed by atoms with Gasteiger partial charge in [-0.2, -0.15) is 0 Å². The summed E-state index contributed by atoms with van der Waals surface area (Å²) in [7, 11) is 0. The fourth-order valence-electron chi connectivity index (χ4n) is 2.65. The molecule has 3 rings (SSSR count). The van der Waals surface area contributed by atoms with Crippen LogP contribution in [0.15, 0.2) is 22.4 Å². The molecule has 7 heteroatoms. The summed E-state index contributed by atoms with van der Waals surface area (Å²) in [4.78, 5) is 8.15. The number of aromatic nitrogens is 2. The average Bonchev–Trinajstić information content (AvgIpc) is 3.15. The van der Waals surface area contributed by atoms with Gasteiger partial charge in [0.2, 0.25) is 0 Å². The zero-order chi connectivity index (χ0) is 13.8. The lowest BCUT2D eigenvalue weighted by Gasteiger charge is -2.23. The first-order valence-corrected chi connectivity index (χ1v) is 7.90. The van der Waals surface area contributed by atoms with E-state index in [0.717, 1.165) is 50.0 Å². The lowest BCUT2D eigenvalue weighted by atomic mass is 10.1. The Hall–Kier alpha value is -0.950. The Balaban J connectivity index is 0.00000161. The molecule has 1 unspecified atom stereocenters. The molecule has 3 heterocycles. The van der Waals surface area contributed by atoms with E-state index in [1.54, 1.807) is 17.6 Å². The van der Waals surface area contributed by atoms with Crippen molar-refractivity contribution in [2.75, 3.05) is 19.6 Å². The van der Waals surface area contributed by atoms with E-state index >= 15 is 0 Å². The van der Waals surface area contributed by atoms with E-state index in [2.05, 4.69) is 27.3 Å². The number of halogens is 1. The van der Waals surface area contributed by atoms with E-state index in [9.17, 15) is 0 Å². The molecule has 0 radical (unpaired) electrons. The maximum Gasteiger partial charge on any atom is 0.124 e. The topological polar surface area (TPSA) is 54.2 Å². The highest BCUT2D eigenvalue weighted by molar-refractivity contribution is 7.09. The van der Waals surface area contributed by atoms with Crippen molar-refractivity contribution in [1.29, 1.82) is 0 Å². The number of rotatable bonds is 6. The third-order valence-electron chi connectivity index (χ3n) is 3.77. The zero-order valence-electron chi connectivity index (χ0n) is 12.1. The van der Waals surface area contributed by atoms with Gasteiger partial charge in [0.15, 0.2) is 0 Å². The van der Waals surface area contributed by atoms with E-state index in [-0.39, 0.29) is 12.4 Å². The molecule has 0 aromatic carbocycles. The van der Waals surface area contributed by atoms with Crippen LogP contribution in [0.4, 0.5) is 0 Å². The summed E-state index contributed by atoms with van der Waals surface area (Å²) in [5.74, 6) is 0.732. The maximum atomic E-state index is 4.95. The van der Waals surface area contributed by atoms with Crippen LogP contribution in [0.5, 0.6) is 0 Å². The van der Waals surface area contributed by atoms with Crippen molar-refractivity contribution in [3.8, 4) is 0 Å². The van der Waals surface area contributed by atoms with Gasteiger partial charge in [-0.05, 0) is 32.4 Å². The largest absolute Gasteiger partial charge is 0.364 e. The van der Waals surface area contributed by atoms with Crippen molar-refractivity contribution >= 4 is 23.7 Å². The number of thiazole rings is 1. The van der Waals surface area contributed by atoms with Gasteiger partial charge in [0.1, 0.15) is 6.26 Å². The number of nitrogens with zero attached hydrogens (tertiary/aromatic N) is 3. The first-order valence-electron chi connectivity index (χ1n) is 7.02. The van der Waals surface area contributed by atoms with Crippen LogP contribution in [-0.4, -0.2) is 34.7 Å². The number of hydrogen-bond acceptors (Lipinski definition) is 6. The van der Waals surface area contributed by atoms with Crippen LogP contribution < -0.4 is 5.32 Å². The van der Waals surface area contributed by atoms with Crippen LogP contribution in [-0.2, 0) is 13.1 Å². The summed E-state index contributed by atoms with van der Waals surface area (Å²) in [5, 5.41) is 7.47. The highest BCUT2D eigenvalue weighted by atomic mass is 35.5. The second-order valence-corrected chi connectivity index (χ2v) is 6.32. The van der Waals surface area contributed by atoms with E-state index in [4.69, 9.17) is 4.52 Å². The summed E-state index contributed by atoms with van der Waals surface area (Å²) in [6, 6.07) is 1.94. The molecule has 0 aliphatic carbocycles. The Morgan fingerprint density at radius 3 is 3.00 bits per heavy atom. The number of aryl methyl sites for hydroxylation is 1. The minimum atomic E-state index is 0. The predicted octanol–water partition coefficient (Wildman–Crippen LogP) is 2.47. The van der Waals surface area contributed by atoms with Gasteiger partial charge in [0, 0.05) is 30.6 Å². The molecular weight excluding hydrogens is 308 g/mol. The molecule has 1 fully saturated rings. The van der Waals surface area contributed by atoms with Crippen LogP contribution in [0.3, 0.4) is 0 Å². The first-order chi connectivity index (χ1) is 9.81. The van der Waals surface area contributed by atoms with Crippen molar-refractivity contribution in [3.63, 3.8) is 0 Å². The Kier molecular flexibility index (Phi) is 6.17. The molecule has 116 valence electrons. The highest BCUT2D eigenvalue weighted by Gasteiger charge is 2.20. The Bertz CT molecular complexity index is 525. The monoisotopic (exact) mass is 328 g/mol. The predicted molar refractivity (Wildman–Crippen MR) is 85.7 cm³/mol. The molecule has 2 aromatic heterocycles. The molecule has 0 bridgehead atoms. The third-order valence-corrected chi connectivity index (χ3v) is 4.69. The zero-order valence-corrected chi connectivity index (χ0v) is 13.8. The lowest BCUT2D eigenvalue weighted by molar-refractivity contribution is 0.216. The summed E-state index contributed by atoms with van der Waals surface area (Å²) < 4.78 is 4.95. The van der Waals surface area contributed by atoms with Crippen LogP contribution in [0.1, 0.15) is 22.7 Å². The van der Waals surface area contributed by atoms with Crippen molar-refractivity contribution in [3.05, 3.63) is 34.1 Å². The number of nitrogens with one attached hydrogen (secondary N) is 1. The standard InChI is InChI=1S/C14H20N4OS.ClH/c1-11-14(20-10-16-11)9-18(7-12-2-4-15-6-12)8-13-3-5-19-17-13;/h3,5,10,12,15H,2,4,6-9H2,1H3;1H. The summed E-state index contributed by atoms with van der Waals surface area (Å²) >= 11 is 1.74. The molecule has 0 amide bonds. The summed E-state index contributed by atoms with van der Waals surface area (Å²) in [6.45, 7) is 7.22. The minimum absolute atomic E-state index is 0. The van der Waals surface area contributed by atoms with Gasteiger partial charge in [0.05, 0.1) is 16.9 Å². The molecule has 1 N–H and O–H groups in total. The van der Waals surface area contributed by atoms with Gasteiger partial charge in [-0.1, -0.05) is 5.16 Å². The van der Waals surface area contributed by atoms with Crippen LogP contribution in [0, 0.1) is 12.8 Å². The molecule has 1 aliphatic rings. The van der Waals surface area contributed by atoms with Gasteiger partial charge in [-0.25, -0.2) is 4.98 Å². The van der Waals surface area contributed by atoms with Gasteiger partial charge < -0.3 is 9.84 Å². The summed E-state index contributed by atoms with van der Waals surface area (Å²) in [6.07, 6.45) is 2.90. The van der Waals surface area contributed by atoms with E-state index in [0.29, 0.717) is 0 Å². The highest BCUT2D eigenvalue weighted by Crippen LogP contribution is 2.19. The quantitative estimate of drug-likeness (QED) is 0.883. The van der Waals surface area contributed by atoms with Crippen LogP contribution in [0.2, 0.25) is 0 Å². The van der Waals surface area contributed by atoms with Crippen LogP contribution in [0.25, 0.3) is 0 Å². The van der Waals surface area contributed by atoms with E-state index in [1.807, 2.05) is 11.6 Å². The van der Waals surface area contributed by atoms with Gasteiger partial charge in [-0.15, -0.1) is 23.7 Å².